The molecule has 1 aliphatic carbocycles. The molecule has 9 heteroatoms. The zero-order valence-electron chi connectivity index (χ0n) is 18.4. The summed E-state index contributed by atoms with van der Waals surface area (Å²) in [6.45, 7) is 3.97. The Morgan fingerprint density at radius 2 is 1.90 bits per heavy atom. The van der Waals surface area contributed by atoms with Gasteiger partial charge in [0.1, 0.15) is 5.82 Å². The van der Waals surface area contributed by atoms with E-state index in [1.807, 2.05) is 4.90 Å². The number of likely N-dealkylation sites (tertiary alicyclic amines) is 1. The molecule has 31 heavy (non-hydrogen) atoms. The number of nitrogens with one attached hydrogen (secondary N) is 3. The summed E-state index contributed by atoms with van der Waals surface area (Å²) < 4.78 is 0. The molecule has 0 spiro atoms. The fourth-order valence-corrected chi connectivity index (χ4v) is 4.81. The van der Waals surface area contributed by atoms with Crippen LogP contribution in [-0.4, -0.2) is 85.6 Å². The number of hydrogen-bond donors (Lipinski definition) is 4. The second kappa shape index (κ2) is 9.93. The van der Waals surface area contributed by atoms with E-state index < -0.39 is 5.60 Å². The van der Waals surface area contributed by atoms with Gasteiger partial charge < -0.3 is 30.2 Å². The van der Waals surface area contributed by atoms with Crippen LogP contribution in [0.3, 0.4) is 0 Å². The third-order valence-corrected chi connectivity index (χ3v) is 6.90. The molecule has 2 aromatic rings. The summed E-state index contributed by atoms with van der Waals surface area (Å²) in [5.74, 6) is 1.67. The number of piperidine rings is 1. The molecule has 9 nitrogen and oxygen atoms in total. The van der Waals surface area contributed by atoms with Crippen molar-refractivity contribution in [3.8, 4) is 0 Å². The van der Waals surface area contributed by atoms with Crippen LogP contribution in [0, 0.1) is 5.92 Å². The SMILES string of the molecule is CN1CCC(O)(CNC[C@H]2CC[C@H](N(Cc3ncc[nH]3)C(=O)c3ncc[nH]3)CC2)CC1. The van der Waals surface area contributed by atoms with Gasteiger partial charge in [0, 0.05) is 50.5 Å². The van der Waals surface area contributed by atoms with Crippen LogP contribution >= 0.6 is 0 Å². The summed E-state index contributed by atoms with van der Waals surface area (Å²) in [5.41, 5.74) is -0.570. The van der Waals surface area contributed by atoms with Crippen molar-refractivity contribution in [2.75, 3.05) is 33.2 Å². The van der Waals surface area contributed by atoms with Gasteiger partial charge in [-0.2, -0.15) is 0 Å². The number of hydrogen-bond acceptors (Lipinski definition) is 6. The van der Waals surface area contributed by atoms with Crippen molar-refractivity contribution >= 4 is 5.91 Å². The van der Waals surface area contributed by atoms with Crippen LogP contribution in [0.1, 0.15) is 55.0 Å². The van der Waals surface area contributed by atoms with Gasteiger partial charge in [-0.25, -0.2) is 9.97 Å². The Bertz CT molecular complexity index is 792. The lowest BCUT2D eigenvalue weighted by atomic mass is 9.84. The standard InChI is InChI=1S/C22H35N7O2/c1-28-12-6-22(31,7-13-28)16-23-14-17-2-4-18(5-3-17)29(15-19-24-8-9-25-19)21(30)20-26-10-11-27-20/h8-11,17-18,23,31H,2-7,12-16H2,1H3,(H,24,25)(H,26,27)/t17-,18-. The summed E-state index contributed by atoms with van der Waals surface area (Å²) in [6, 6.07) is 0.178. The molecular formula is C22H35N7O2. The first-order valence-electron chi connectivity index (χ1n) is 11.4. The fraction of sp³-hybridized carbons (Fsp3) is 0.682. The van der Waals surface area contributed by atoms with Gasteiger partial charge in [0.05, 0.1) is 12.1 Å². The Labute approximate surface area is 183 Å². The quantitative estimate of drug-likeness (QED) is 0.504. The van der Waals surface area contributed by atoms with Crippen molar-refractivity contribution in [2.24, 2.45) is 5.92 Å². The topological polar surface area (TPSA) is 113 Å². The van der Waals surface area contributed by atoms with E-state index in [-0.39, 0.29) is 11.9 Å². The van der Waals surface area contributed by atoms with Gasteiger partial charge in [-0.15, -0.1) is 0 Å². The van der Waals surface area contributed by atoms with Gasteiger partial charge in [-0.3, -0.25) is 4.79 Å². The predicted molar refractivity (Wildman–Crippen MR) is 117 cm³/mol. The van der Waals surface area contributed by atoms with Gasteiger partial charge in [-0.05, 0) is 58.0 Å². The zero-order chi connectivity index (χ0) is 21.7. The molecule has 0 unspecified atom stereocenters. The first-order valence-corrected chi connectivity index (χ1v) is 11.4. The summed E-state index contributed by atoms with van der Waals surface area (Å²) in [6.07, 6.45) is 12.5. The Morgan fingerprint density at radius 3 is 2.55 bits per heavy atom. The number of amides is 1. The van der Waals surface area contributed by atoms with Crippen molar-refractivity contribution in [1.29, 1.82) is 0 Å². The largest absolute Gasteiger partial charge is 0.388 e. The maximum Gasteiger partial charge on any atom is 0.290 e. The fourth-order valence-electron chi connectivity index (χ4n) is 4.81. The van der Waals surface area contributed by atoms with E-state index in [0.29, 0.717) is 24.8 Å². The third-order valence-electron chi connectivity index (χ3n) is 6.90. The van der Waals surface area contributed by atoms with Crippen LogP contribution in [0.25, 0.3) is 0 Å². The molecule has 0 bridgehead atoms. The number of carbonyl (C=O) groups excluding carboxylic acids is 1. The average molecular weight is 430 g/mol. The molecule has 2 aromatic heterocycles. The highest BCUT2D eigenvalue weighted by Gasteiger charge is 2.33. The number of carbonyl (C=O) groups is 1. The average Bonchev–Trinajstić information content (AvgIpc) is 3.49. The summed E-state index contributed by atoms with van der Waals surface area (Å²) >= 11 is 0. The van der Waals surface area contributed by atoms with Gasteiger partial charge >= 0.3 is 0 Å². The molecule has 2 fully saturated rings. The van der Waals surface area contributed by atoms with Gasteiger partial charge in [0.15, 0.2) is 5.82 Å². The van der Waals surface area contributed by atoms with Crippen LogP contribution in [0.2, 0.25) is 0 Å². The van der Waals surface area contributed by atoms with Crippen LogP contribution in [-0.2, 0) is 6.54 Å². The normalized spacial score (nSPS) is 24.2. The molecular weight excluding hydrogens is 394 g/mol. The molecule has 4 N–H and O–H groups in total. The van der Waals surface area contributed by atoms with Gasteiger partial charge in [0.25, 0.3) is 5.91 Å². The van der Waals surface area contributed by atoms with E-state index in [2.05, 4.69) is 37.2 Å². The maximum atomic E-state index is 13.1. The summed E-state index contributed by atoms with van der Waals surface area (Å²) in [7, 11) is 2.11. The first-order chi connectivity index (χ1) is 15.0. The Morgan fingerprint density at radius 1 is 1.19 bits per heavy atom. The Kier molecular flexibility index (Phi) is 7.04. The molecule has 2 aliphatic rings. The van der Waals surface area contributed by atoms with Crippen LogP contribution in [0.5, 0.6) is 0 Å². The molecule has 0 aromatic carbocycles. The second-order valence-corrected chi connectivity index (χ2v) is 9.24. The number of aromatic amines is 2. The minimum atomic E-state index is -0.570. The van der Waals surface area contributed by atoms with Crippen molar-refractivity contribution in [3.05, 3.63) is 36.4 Å². The zero-order valence-corrected chi connectivity index (χ0v) is 18.4. The lowest BCUT2D eigenvalue weighted by Crippen LogP contribution is -2.50. The third kappa shape index (κ3) is 5.72. The maximum absolute atomic E-state index is 13.1. The van der Waals surface area contributed by atoms with E-state index >= 15 is 0 Å². The molecule has 3 heterocycles. The lowest BCUT2D eigenvalue weighted by molar-refractivity contribution is -0.0152. The molecule has 1 aliphatic heterocycles. The minimum Gasteiger partial charge on any atom is -0.388 e. The summed E-state index contributed by atoms with van der Waals surface area (Å²) in [4.78, 5) is 31.8. The molecule has 1 amide bonds. The van der Waals surface area contributed by atoms with Crippen LogP contribution < -0.4 is 5.32 Å². The molecule has 4 rings (SSSR count). The van der Waals surface area contributed by atoms with Crippen molar-refractivity contribution in [1.82, 2.24) is 35.1 Å². The highest BCUT2D eigenvalue weighted by atomic mass is 16.3. The van der Waals surface area contributed by atoms with Crippen molar-refractivity contribution in [2.45, 2.75) is 56.7 Å². The molecule has 0 radical (unpaired) electrons. The number of rotatable bonds is 8. The predicted octanol–water partition coefficient (Wildman–Crippen LogP) is 1.38. The number of nitrogens with zero attached hydrogens (tertiary/aromatic N) is 4. The highest BCUT2D eigenvalue weighted by Crippen LogP contribution is 2.29. The van der Waals surface area contributed by atoms with Gasteiger partial charge in [-0.1, -0.05) is 0 Å². The number of H-pyrrole nitrogens is 2. The first kappa shape index (κ1) is 22.0. The number of aromatic nitrogens is 4. The van der Waals surface area contributed by atoms with E-state index in [4.69, 9.17) is 0 Å². The smallest absolute Gasteiger partial charge is 0.290 e. The summed E-state index contributed by atoms with van der Waals surface area (Å²) in [5, 5.41) is 14.3. The monoisotopic (exact) mass is 429 g/mol. The van der Waals surface area contributed by atoms with Crippen molar-refractivity contribution in [3.63, 3.8) is 0 Å². The molecule has 1 saturated heterocycles. The Balaban J connectivity index is 1.28. The van der Waals surface area contributed by atoms with E-state index in [0.717, 1.165) is 64.0 Å². The Hall–Kier alpha value is -2.23. The lowest BCUT2D eigenvalue weighted by Gasteiger charge is -2.38. The second-order valence-electron chi connectivity index (χ2n) is 9.24. The van der Waals surface area contributed by atoms with Crippen LogP contribution in [0.15, 0.2) is 24.8 Å². The van der Waals surface area contributed by atoms with E-state index in [9.17, 15) is 9.90 Å². The minimum absolute atomic E-state index is 0.0764. The van der Waals surface area contributed by atoms with E-state index in [1.54, 1.807) is 24.8 Å². The van der Waals surface area contributed by atoms with Gasteiger partial charge in [0.2, 0.25) is 0 Å². The molecule has 170 valence electrons. The molecule has 0 atom stereocenters. The van der Waals surface area contributed by atoms with Crippen molar-refractivity contribution < 1.29 is 9.90 Å². The number of aliphatic hydroxyl groups is 1. The molecule has 1 saturated carbocycles. The van der Waals surface area contributed by atoms with E-state index in [1.165, 1.54) is 0 Å². The van der Waals surface area contributed by atoms with Crippen LogP contribution in [0.4, 0.5) is 0 Å². The highest BCUT2D eigenvalue weighted by molar-refractivity contribution is 5.90. The number of imidazole rings is 2.